The average molecular weight is 408 g/mol. The molecule has 0 N–H and O–H groups in total. The van der Waals surface area contributed by atoms with Crippen molar-refractivity contribution >= 4 is 51.3 Å². The summed E-state index contributed by atoms with van der Waals surface area (Å²) >= 11 is 6.77. The van der Waals surface area contributed by atoms with Gasteiger partial charge in [-0.1, -0.05) is 48.2 Å². The van der Waals surface area contributed by atoms with E-state index in [0.717, 1.165) is 34.3 Å². The second kappa shape index (κ2) is 8.08. The molecule has 0 bridgehead atoms. The molecule has 28 heavy (non-hydrogen) atoms. The van der Waals surface area contributed by atoms with Gasteiger partial charge in [0.05, 0.1) is 23.0 Å². The van der Waals surface area contributed by atoms with Crippen molar-refractivity contribution in [3.05, 3.63) is 70.9 Å². The Morgan fingerprint density at radius 2 is 1.93 bits per heavy atom. The first kappa shape index (κ1) is 18.6. The molecule has 0 unspecified atom stereocenters. The van der Waals surface area contributed by atoms with Gasteiger partial charge in [-0.2, -0.15) is 0 Å². The number of thioether (sulfide) groups is 1. The number of hydrogen-bond donors (Lipinski definition) is 0. The summed E-state index contributed by atoms with van der Waals surface area (Å²) in [6.07, 6.45) is 5.89. The Bertz CT molecular complexity index is 1080. The molecule has 3 aromatic rings. The Labute approximate surface area is 172 Å². The van der Waals surface area contributed by atoms with Crippen molar-refractivity contribution < 1.29 is 9.53 Å². The van der Waals surface area contributed by atoms with Gasteiger partial charge in [0.25, 0.3) is 5.91 Å². The van der Waals surface area contributed by atoms with Gasteiger partial charge in [0, 0.05) is 24.5 Å². The van der Waals surface area contributed by atoms with Gasteiger partial charge in [-0.15, -0.1) is 0 Å². The molecule has 1 fully saturated rings. The molecule has 1 aliphatic heterocycles. The lowest BCUT2D eigenvalue weighted by molar-refractivity contribution is -0.122. The molecule has 2 heterocycles. The molecule has 0 aliphatic carbocycles. The maximum Gasteiger partial charge on any atom is 0.266 e. The topological polar surface area (TPSA) is 55.3 Å². The summed E-state index contributed by atoms with van der Waals surface area (Å²) in [6, 6.07) is 13.6. The highest BCUT2D eigenvalue weighted by molar-refractivity contribution is 8.26. The van der Waals surface area contributed by atoms with E-state index < -0.39 is 0 Å². The number of hydrogen-bond acceptors (Lipinski definition) is 6. The normalized spacial score (nSPS) is 15.6. The monoisotopic (exact) mass is 407 g/mol. The third-order valence-electron chi connectivity index (χ3n) is 4.47. The number of methoxy groups -OCH3 is 1. The highest BCUT2D eigenvalue weighted by Gasteiger charge is 2.31. The molecule has 1 aromatic heterocycles. The minimum Gasteiger partial charge on any atom is -0.497 e. The number of carbonyl (C=O) groups excluding carboxylic acids is 1. The van der Waals surface area contributed by atoms with E-state index in [2.05, 4.69) is 9.97 Å². The van der Waals surface area contributed by atoms with Crippen LogP contribution in [0.4, 0.5) is 0 Å². The minimum atomic E-state index is -0.0654. The van der Waals surface area contributed by atoms with Crippen LogP contribution in [0, 0.1) is 0 Å². The van der Waals surface area contributed by atoms with Crippen molar-refractivity contribution in [3.63, 3.8) is 0 Å². The van der Waals surface area contributed by atoms with Crippen LogP contribution in [0.15, 0.2) is 59.8 Å². The van der Waals surface area contributed by atoms with Crippen LogP contribution >= 0.6 is 24.0 Å². The van der Waals surface area contributed by atoms with Crippen molar-refractivity contribution in [3.8, 4) is 5.75 Å². The highest BCUT2D eigenvalue weighted by atomic mass is 32.2. The molecule has 140 valence electrons. The first-order valence-electron chi connectivity index (χ1n) is 8.74. The van der Waals surface area contributed by atoms with Crippen LogP contribution in [0.1, 0.15) is 11.1 Å². The summed E-state index contributed by atoms with van der Waals surface area (Å²) in [4.78, 5) is 23.8. The van der Waals surface area contributed by atoms with Gasteiger partial charge in [0.1, 0.15) is 10.1 Å². The van der Waals surface area contributed by atoms with E-state index in [1.807, 2.05) is 48.5 Å². The molecule has 2 aromatic carbocycles. The van der Waals surface area contributed by atoms with Crippen molar-refractivity contribution in [2.75, 3.05) is 13.7 Å². The first-order valence-corrected chi connectivity index (χ1v) is 9.96. The summed E-state index contributed by atoms with van der Waals surface area (Å²) < 4.78 is 5.76. The third kappa shape index (κ3) is 3.76. The van der Waals surface area contributed by atoms with Gasteiger partial charge in [-0.3, -0.25) is 19.7 Å². The molecule has 0 radical (unpaired) electrons. The van der Waals surface area contributed by atoms with Crippen LogP contribution in [0.3, 0.4) is 0 Å². The number of fused-ring (bicyclic) bond motifs is 1. The van der Waals surface area contributed by atoms with Crippen LogP contribution in [-0.2, 0) is 11.2 Å². The molecule has 0 saturated carbocycles. The number of aromatic nitrogens is 2. The zero-order chi connectivity index (χ0) is 19.5. The van der Waals surface area contributed by atoms with Crippen molar-refractivity contribution in [1.29, 1.82) is 0 Å². The van der Waals surface area contributed by atoms with Gasteiger partial charge in [0.2, 0.25) is 0 Å². The van der Waals surface area contributed by atoms with Gasteiger partial charge in [0.15, 0.2) is 0 Å². The lowest BCUT2D eigenvalue weighted by Crippen LogP contribution is -2.30. The number of nitrogens with zero attached hydrogens (tertiary/aromatic N) is 3. The van der Waals surface area contributed by atoms with Crippen molar-refractivity contribution in [2.24, 2.45) is 0 Å². The molecule has 1 amide bonds. The van der Waals surface area contributed by atoms with E-state index in [1.165, 1.54) is 11.8 Å². The second-order valence-corrected chi connectivity index (χ2v) is 7.88. The number of para-hydroxylation sites is 1. The maximum absolute atomic E-state index is 12.9. The quantitative estimate of drug-likeness (QED) is 0.469. The van der Waals surface area contributed by atoms with Crippen LogP contribution in [0.5, 0.6) is 5.75 Å². The lowest BCUT2D eigenvalue weighted by atomic mass is 10.1. The van der Waals surface area contributed by atoms with Crippen LogP contribution in [-0.4, -0.2) is 38.8 Å². The first-order chi connectivity index (χ1) is 13.7. The van der Waals surface area contributed by atoms with Gasteiger partial charge < -0.3 is 4.74 Å². The van der Waals surface area contributed by atoms with Gasteiger partial charge in [-0.25, -0.2) is 0 Å². The van der Waals surface area contributed by atoms with Crippen LogP contribution in [0.2, 0.25) is 0 Å². The molecule has 5 nitrogen and oxygen atoms in total. The summed E-state index contributed by atoms with van der Waals surface area (Å²) in [5.41, 5.74) is 3.56. The summed E-state index contributed by atoms with van der Waals surface area (Å²) in [5.74, 6) is 0.750. The Morgan fingerprint density at radius 1 is 1.14 bits per heavy atom. The Balaban J connectivity index is 1.52. The van der Waals surface area contributed by atoms with Crippen molar-refractivity contribution in [1.82, 2.24) is 14.9 Å². The standard InChI is InChI=1S/C21H17N3O2S2/c1-26-16-7-5-14(6-8-16)9-12-24-20(25)18(28-21(24)27)13-15-3-2-4-17-19(15)23-11-10-22-17/h2-8,10-11,13H,9,12H2,1H3/b18-13-. The number of ether oxygens (including phenoxy) is 1. The summed E-state index contributed by atoms with van der Waals surface area (Å²) in [7, 11) is 1.64. The molecular weight excluding hydrogens is 390 g/mol. The number of rotatable bonds is 5. The lowest BCUT2D eigenvalue weighted by Gasteiger charge is -2.14. The van der Waals surface area contributed by atoms with Crippen LogP contribution in [0.25, 0.3) is 17.1 Å². The van der Waals surface area contributed by atoms with Gasteiger partial charge in [-0.05, 0) is 36.3 Å². The van der Waals surface area contributed by atoms with Gasteiger partial charge >= 0.3 is 0 Å². The highest BCUT2D eigenvalue weighted by Crippen LogP contribution is 2.33. The Morgan fingerprint density at radius 3 is 2.71 bits per heavy atom. The number of amides is 1. The second-order valence-electron chi connectivity index (χ2n) is 6.20. The Hall–Kier alpha value is -2.77. The smallest absolute Gasteiger partial charge is 0.266 e. The Kier molecular flexibility index (Phi) is 5.36. The molecule has 7 heteroatoms. The van der Waals surface area contributed by atoms with E-state index in [1.54, 1.807) is 24.4 Å². The molecule has 0 spiro atoms. The molecule has 0 atom stereocenters. The van der Waals surface area contributed by atoms with E-state index >= 15 is 0 Å². The van der Waals surface area contributed by atoms with Crippen LogP contribution < -0.4 is 4.74 Å². The maximum atomic E-state index is 12.9. The minimum absolute atomic E-state index is 0.0654. The number of thiocarbonyl (C=S) groups is 1. The third-order valence-corrected chi connectivity index (χ3v) is 5.85. The van der Waals surface area contributed by atoms with E-state index in [9.17, 15) is 4.79 Å². The summed E-state index contributed by atoms with van der Waals surface area (Å²) in [5, 5.41) is 0. The zero-order valence-electron chi connectivity index (χ0n) is 15.2. The fourth-order valence-electron chi connectivity index (χ4n) is 3.00. The number of carbonyl (C=O) groups is 1. The molecule has 4 rings (SSSR count). The average Bonchev–Trinajstić information content (AvgIpc) is 3.00. The molecule has 1 aliphatic rings. The molecular formula is C21H17N3O2S2. The fraction of sp³-hybridized carbons (Fsp3) is 0.143. The van der Waals surface area contributed by atoms with E-state index in [4.69, 9.17) is 17.0 Å². The van der Waals surface area contributed by atoms with Crippen molar-refractivity contribution in [2.45, 2.75) is 6.42 Å². The fourth-order valence-corrected chi connectivity index (χ4v) is 4.30. The zero-order valence-corrected chi connectivity index (χ0v) is 16.8. The SMILES string of the molecule is COc1ccc(CCN2C(=O)/C(=C/c3cccc4nccnc34)SC2=S)cc1. The van der Waals surface area contributed by atoms with E-state index in [-0.39, 0.29) is 5.91 Å². The predicted octanol–water partition coefficient (Wildman–Crippen LogP) is 4.08. The predicted molar refractivity (Wildman–Crippen MR) is 116 cm³/mol. The largest absolute Gasteiger partial charge is 0.497 e. The molecule has 1 saturated heterocycles. The van der Waals surface area contributed by atoms with E-state index in [0.29, 0.717) is 15.8 Å². The number of benzene rings is 2. The summed E-state index contributed by atoms with van der Waals surface area (Å²) in [6.45, 7) is 0.545.